The van der Waals surface area contributed by atoms with Gasteiger partial charge in [-0.2, -0.15) is 0 Å². The van der Waals surface area contributed by atoms with Crippen molar-refractivity contribution in [1.82, 2.24) is 4.98 Å². The molecule has 1 rings (SSSR count). The lowest BCUT2D eigenvalue weighted by molar-refractivity contribution is 0.169. The Morgan fingerprint density at radius 3 is 3.00 bits per heavy atom. The van der Waals surface area contributed by atoms with Gasteiger partial charge in [0, 0.05) is 17.5 Å². The smallest absolute Gasteiger partial charge is 0.122 e. The fourth-order valence-electron chi connectivity index (χ4n) is 0.983. The fourth-order valence-corrected chi connectivity index (χ4v) is 1.80. The van der Waals surface area contributed by atoms with Gasteiger partial charge < -0.3 is 5.11 Å². The van der Waals surface area contributed by atoms with Gasteiger partial charge in [-0.1, -0.05) is 0 Å². The minimum absolute atomic E-state index is 0.445. The van der Waals surface area contributed by atoms with Crippen LogP contribution in [0.4, 0.5) is 0 Å². The van der Waals surface area contributed by atoms with Crippen LogP contribution in [-0.2, 0) is 0 Å². The molecule has 1 atom stereocenters. The summed E-state index contributed by atoms with van der Waals surface area (Å²) >= 11 is 1.51. The second kappa shape index (κ2) is 5.00. The fraction of sp³-hybridized carbons (Fsp3) is 0.500. The van der Waals surface area contributed by atoms with Gasteiger partial charge in [-0.15, -0.1) is 23.2 Å². The number of nitrogens with zero attached hydrogens (tertiary/aromatic N) is 1. The quantitative estimate of drug-likeness (QED) is 0.751. The minimum Gasteiger partial charge on any atom is -0.386 e. The second-order valence-electron chi connectivity index (χ2n) is 2.81. The van der Waals surface area contributed by atoms with E-state index in [1.807, 2.05) is 12.3 Å². The molecule has 3 heteroatoms. The highest BCUT2D eigenvalue weighted by Gasteiger charge is 2.09. The van der Waals surface area contributed by atoms with Crippen molar-refractivity contribution in [3.63, 3.8) is 0 Å². The molecule has 0 bridgehead atoms. The lowest BCUT2D eigenvalue weighted by Gasteiger charge is -2.03. The zero-order chi connectivity index (χ0) is 9.68. The van der Waals surface area contributed by atoms with Gasteiger partial charge in [0.25, 0.3) is 0 Å². The zero-order valence-corrected chi connectivity index (χ0v) is 8.69. The molecule has 0 saturated heterocycles. The number of thiazole rings is 1. The number of aryl methyl sites for hydroxylation is 1. The van der Waals surface area contributed by atoms with E-state index in [0.717, 1.165) is 17.1 Å². The van der Waals surface area contributed by atoms with E-state index < -0.39 is 6.10 Å². The van der Waals surface area contributed by atoms with Gasteiger partial charge in [0.1, 0.15) is 11.1 Å². The van der Waals surface area contributed by atoms with E-state index >= 15 is 0 Å². The monoisotopic (exact) mass is 195 g/mol. The van der Waals surface area contributed by atoms with Gasteiger partial charge in [-0.3, -0.25) is 0 Å². The van der Waals surface area contributed by atoms with Crippen molar-refractivity contribution in [2.24, 2.45) is 0 Å². The van der Waals surface area contributed by atoms with Gasteiger partial charge in [0.2, 0.25) is 0 Å². The van der Waals surface area contributed by atoms with E-state index in [9.17, 15) is 5.11 Å². The molecule has 2 nitrogen and oxygen atoms in total. The lowest BCUT2D eigenvalue weighted by atomic mass is 10.2. The number of aromatic nitrogens is 1. The second-order valence-corrected chi connectivity index (χ2v) is 3.70. The Bertz CT molecular complexity index is 321. The van der Waals surface area contributed by atoms with Crippen LogP contribution >= 0.6 is 11.3 Å². The predicted molar refractivity (Wildman–Crippen MR) is 54.5 cm³/mol. The molecule has 0 aliphatic rings. The lowest BCUT2D eigenvalue weighted by Crippen LogP contribution is -1.95. The topological polar surface area (TPSA) is 33.1 Å². The SMILES string of the molecule is CC#CCCC(O)c1nc(C)cs1. The first-order valence-corrected chi connectivity index (χ1v) is 5.11. The molecule has 0 spiro atoms. The van der Waals surface area contributed by atoms with E-state index in [1.165, 1.54) is 11.3 Å². The van der Waals surface area contributed by atoms with Crippen molar-refractivity contribution in [3.8, 4) is 11.8 Å². The van der Waals surface area contributed by atoms with Crippen LogP contribution < -0.4 is 0 Å². The number of hydrogen-bond donors (Lipinski definition) is 1. The first-order chi connectivity index (χ1) is 6.24. The van der Waals surface area contributed by atoms with E-state index in [-0.39, 0.29) is 0 Å². The Labute approximate surface area is 82.6 Å². The summed E-state index contributed by atoms with van der Waals surface area (Å²) in [5, 5.41) is 12.4. The Morgan fingerprint density at radius 2 is 2.46 bits per heavy atom. The average Bonchev–Trinajstić information content (AvgIpc) is 2.52. The van der Waals surface area contributed by atoms with Crippen LogP contribution in [0.15, 0.2) is 5.38 Å². The first kappa shape index (κ1) is 10.2. The largest absolute Gasteiger partial charge is 0.386 e. The van der Waals surface area contributed by atoms with E-state index in [2.05, 4.69) is 16.8 Å². The highest BCUT2D eigenvalue weighted by atomic mass is 32.1. The van der Waals surface area contributed by atoms with Crippen molar-refractivity contribution < 1.29 is 5.11 Å². The van der Waals surface area contributed by atoms with Crippen LogP contribution in [-0.4, -0.2) is 10.1 Å². The molecule has 0 fully saturated rings. The van der Waals surface area contributed by atoms with Crippen molar-refractivity contribution >= 4 is 11.3 Å². The maximum absolute atomic E-state index is 9.64. The van der Waals surface area contributed by atoms with Gasteiger partial charge in [0.05, 0.1) is 0 Å². The van der Waals surface area contributed by atoms with Gasteiger partial charge in [0.15, 0.2) is 0 Å². The molecule has 1 aromatic rings. The Kier molecular flexibility index (Phi) is 3.94. The maximum atomic E-state index is 9.64. The molecule has 0 aliphatic heterocycles. The number of hydrogen-bond acceptors (Lipinski definition) is 3. The van der Waals surface area contributed by atoms with Gasteiger partial charge in [-0.05, 0) is 20.3 Å². The van der Waals surface area contributed by atoms with Crippen molar-refractivity contribution in [3.05, 3.63) is 16.1 Å². The summed E-state index contributed by atoms with van der Waals surface area (Å²) in [6, 6.07) is 0. The Morgan fingerprint density at radius 1 is 1.69 bits per heavy atom. The van der Waals surface area contributed by atoms with Crippen LogP contribution in [0.2, 0.25) is 0 Å². The number of aliphatic hydroxyl groups is 1. The van der Waals surface area contributed by atoms with Crippen LogP contribution in [0.3, 0.4) is 0 Å². The first-order valence-electron chi connectivity index (χ1n) is 4.23. The normalized spacial score (nSPS) is 11.9. The summed E-state index contributed by atoms with van der Waals surface area (Å²) in [6.07, 6.45) is 0.962. The molecule has 1 heterocycles. The van der Waals surface area contributed by atoms with Crippen LogP contribution in [0, 0.1) is 18.8 Å². The molecular formula is C10H13NOS. The Balaban J connectivity index is 2.47. The molecular weight excluding hydrogens is 182 g/mol. The van der Waals surface area contributed by atoms with E-state index in [4.69, 9.17) is 0 Å². The third-order valence-corrected chi connectivity index (χ3v) is 2.71. The van der Waals surface area contributed by atoms with Gasteiger partial charge >= 0.3 is 0 Å². The van der Waals surface area contributed by atoms with Crippen molar-refractivity contribution in [2.45, 2.75) is 32.8 Å². The molecule has 1 N–H and O–H groups in total. The number of rotatable bonds is 3. The average molecular weight is 195 g/mol. The predicted octanol–water partition coefficient (Wildman–Crippen LogP) is 2.29. The van der Waals surface area contributed by atoms with Crippen LogP contribution in [0.25, 0.3) is 0 Å². The van der Waals surface area contributed by atoms with Gasteiger partial charge in [-0.25, -0.2) is 4.98 Å². The molecule has 0 radical (unpaired) electrons. The molecule has 70 valence electrons. The molecule has 1 aromatic heterocycles. The molecule has 13 heavy (non-hydrogen) atoms. The minimum atomic E-state index is -0.445. The van der Waals surface area contributed by atoms with Crippen molar-refractivity contribution in [2.75, 3.05) is 0 Å². The molecule has 0 aromatic carbocycles. The number of aliphatic hydroxyl groups excluding tert-OH is 1. The van der Waals surface area contributed by atoms with Crippen LogP contribution in [0.1, 0.15) is 36.6 Å². The summed E-state index contributed by atoms with van der Waals surface area (Å²) in [4.78, 5) is 4.21. The summed E-state index contributed by atoms with van der Waals surface area (Å²) in [5.41, 5.74) is 0.973. The summed E-state index contributed by atoms with van der Waals surface area (Å²) in [5.74, 6) is 5.72. The Hall–Kier alpha value is -0.850. The standard InChI is InChI=1S/C10H13NOS/c1-3-4-5-6-9(12)10-11-8(2)7-13-10/h7,9,12H,5-6H2,1-2H3. The van der Waals surface area contributed by atoms with Crippen LogP contribution in [0.5, 0.6) is 0 Å². The molecule has 0 aliphatic carbocycles. The zero-order valence-electron chi connectivity index (χ0n) is 7.87. The summed E-state index contributed by atoms with van der Waals surface area (Å²) in [7, 11) is 0. The highest BCUT2D eigenvalue weighted by molar-refractivity contribution is 7.09. The third-order valence-electron chi connectivity index (χ3n) is 1.64. The molecule has 0 saturated carbocycles. The highest BCUT2D eigenvalue weighted by Crippen LogP contribution is 2.21. The summed E-state index contributed by atoms with van der Waals surface area (Å²) in [6.45, 7) is 3.73. The third kappa shape index (κ3) is 3.17. The van der Waals surface area contributed by atoms with E-state index in [1.54, 1.807) is 6.92 Å². The van der Waals surface area contributed by atoms with Crippen molar-refractivity contribution in [1.29, 1.82) is 0 Å². The van der Waals surface area contributed by atoms with E-state index in [0.29, 0.717) is 6.42 Å². The molecule has 1 unspecified atom stereocenters. The summed E-state index contributed by atoms with van der Waals surface area (Å²) < 4.78 is 0. The molecule has 0 amide bonds. The maximum Gasteiger partial charge on any atom is 0.122 e.